The molecule has 20 aliphatic carbocycles. The predicted molar refractivity (Wildman–Crippen MR) is 557 cm³/mol. The number of aromatic nitrogens is 1. The zero-order valence-electron chi connectivity index (χ0n) is 93.2. The van der Waals surface area contributed by atoms with Crippen molar-refractivity contribution in [3.05, 3.63) is 76.0 Å². The second kappa shape index (κ2) is 33.5. The quantitative estimate of drug-likeness (QED) is 0.105. The molecule has 0 amide bonds. The van der Waals surface area contributed by atoms with Gasteiger partial charge in [0.1, 0.15) is 11.5 Å². The third-order valence-corrected chi connectivity index (χ3v) is 52.1. The Morgan fingerprint density at radius 3 is 0.957 bits per heavy atom. The summed E-state index contributed by atoms with van der Waals surface area (Å²) >= 11 is 0. The van der Waals surface area contributed by atoms with Crippen LogP contribution in [0.3, 0.4) is 0 Å². The lowest BCUT2D eigenvalue weighted by Gasteiger charge is -2.70. The van der Waals surface area contributed by atoms with E-state index in [4.69, 9.17) is 4.52 Å². The fourth-order valence-corrected chi connectivity index (χ4v) is 43.2. The molecular formula is C126H193NO13. The molecule has 0 aromatic carbocycles. The number of carbonyl (C=O) groups excluding carboxylic acids is 6. The van der Waals surface area contributed by atoms with Crippen LogP contribution in [0.2, 0.25) is 0 Å². The number of Topliss-reactive ketones (excluding diaryl/α,β-unsaturated/α-hetero) is 2. The minimum Gasteiger partial charge on any atom is -0.515 e. The van der Waals surface area contributed by atoms with E-state index in [9.17, 15) is 59.4 Å². The molecule has 0 bridgehead atoms. The lowest BCUT2D eigenvalue weighted by molar-refractivity contribution is -0.182. The Labute approximate surface area is 845 Å². The summed E-state index contributed by atoms with van der Waals surface area (Å²) in [5, 5.41) is 65.4. The third-order valence-electron chi connectivity index (χ3n) is 52.1. The topological polar surface area (TPSA) is 250 Å². The Hall–Kier alpha value is -4.47. The first kappa shape index (κ1) is 105. The maximum Gasteiger partial charge on any atom is 0.167 e. The van der Waals surface area contributed by atoms with Gasteiger partial charge in [-0.3, -0.25) is 28.8 Å². The number of hydrogen-bond acceptors (Lipinski definition) is 14. The summed E-state index contributed by atoms with van der Waals surface area (Å²) in [4.78, 5) is 83.6. The zero-order chi connectivity index (χ0) is 102. The number of hydrogen-bond donors (Lipinski definition) is 6. The van der Waals surface area contributed by atoms with Crippen molar-refractivity contribution in [1.82, 2.24) is 5.16 Å². The van der Waals surface area contributed by atoms with Gasteiger partial charge in [0.05, 0.1) is 18.6 Å². The molecular weight excluding hydrogens is 1740 g/mol. The number of rotatable bonds is 8. The van der Waals surface area contributed by atoms with Crippen molar-refractivity contribution in [3.8, 4) is 0 Å². The minimum absolute atomic E-state index is 0.000257. The summed E-state index contributed by atoms with van der Waals surface area (Å²) in [6.07, 6.45) is 50.5. The van der Waals surface area contributed by atoms with E-state index in [1.807, 2.05) is 26.1 Å². The van der Waals surface area contributed by atoms with Gasteiger partial charge in [-0.1, -0.05) is 221 Å². The number of ketones is 6. The molecule has 14 heteroatoms. The van der Waals surface area contributed by atoms with Crippen LogP contribution in [0.5, 0.6) is 0 Å². The fourth-order valence-electron chi connectivity index (χ4n) is 43.2. The van der Waals surface area contributed by atoms with E-state index in [2.05, 4.69) is 203 Å². The molecule has 0 saturated heterocycles. The normalized spacial score (nSPS) is 48.9. The second-order valence-electron chi connectivity index (χ2n) is 61.5. The van der Waals surface area contributed by atoms with Gasteiger partial charge in [0, 0.05) is 83.9 Å². The number of fused-ring (bicyclic) bond motifs is 29. The van der Waals surface area contributed by atoms with E-state index in [1.54, 1.807) is 0 Å². The first-order valence-corrected chi connectivity index (χ1v) is 57.2. The summed E-state index contributed by atoms with van der Waals surface area (Å²) < 4.78 is 5.81. The molecule has 0 radical (unpaired) electrons. The molecule has 1 aromatic rings. The molecule has 140 heavy (non-hydrogen) atoms. The lowest BCUT2D eigenvalue weighted by atomic mass is 9.33. The second-order valence-corrected chi connectivity index (χ2v) is 61.5. The highest BCUT2D eigenvalue weighted by atomic mass is 16.5. The Bertz CT molecular complexity index is 5300. The van der Waals surface area contributed by atoms with Gasteiger partial charge in [0.25, 0.3) is 0 Å². The van der Waals surface area contributed by atoms with Crippen LogP contribution in [0.25, 0.3) is 0 Å². The highest BCUT2D eigenvalue weighted by Crippen LogP contribution is 2.83. The fraction of sp³-hybridized carbons (Fsp3) is 0.849. The van der Waals surface area contributed by atoms with E-state index >= 15 is 0 Å². The Kier molecular flexibility index (Phi) is 25.2. The molecule has 20 aliphatic rings. The Morgan fingerprint density at radius 1 is 0.336 bits per heavy atom. The molecule has 1 heterocycles. The average Bonchev–Trinajstić information content (AvgIpc) is 1.17. The van der Waals surface area contributed by atoms with E-state index in [-0.39, 0.29) is 198 Å². The van der Waals surface area contributed by atoms with Crippen LogP contribution in [-0.2, 0) is 40.6 Å². The summed E-state index contributed by atoms with van der Waals surface area (Å²) in [5.41, 5.74) is 6.69. The third kappa shape index (κ3) is 14.5. The average molecular weight is 1930 g/mol. The Balaban J connectivity index is 0.000000124. The van der Waals surface area contributed by atoms with Crippen molar-refractivity contribution in [2.24, 2.45) is 196 Å². The Morgan fingerprint density at radius 2 is 0.629 bits per heavy atom. The van der Waals surface area contributed by atoms with Crippen LogP contribution in [0, 0.1) is 196 Å². The van der Waals surface area contributed by atoms with Crippen LogP contribution in [-0.4, -0.2) is 103 Å². The molecule has 21 rings (SSSR count). The van der Waals surface area contributed by atoms with Gasteiger partial charge < -0.3 is 35.2 Å². The maximum absolute atomic E-state index is 14.4. The molecule has 0 aliphatic heterocycles. The van der Waals surface area contributed by atoms with Gasteiger partial charge in [0.15, 0.2) is 28.9 Å². The number of allylic oxidation sites excluding steroid dienone is 9. The molecule has 15 fully saturated rings. The van der Waals surface area contributed by atoms with E-state index in [0.29, 0.717) is 83.0 Å². The van der Waals surface area contributed by atoms with E-state index in [1.165, 1.54) is 53.5 Å². The highest BCUT2D eigenvalue weighted by molar-refractivity contribution is 6.02. The lowest BCUT2D eigenvalue weighted by Crippen LogP contribution is -2.65. The molecule has 780 valence electrons. The molecule has 29 atom stereocenters. The van der Waals surface area contributed by atoms with Crippen molar-refractivity contribution in [3.63, 3.8) is 0 Å². The molecule has 14 nitrogen and oxygen atoms in total. The van der Waals surface area contributed by atoms with Gasteiger partial charge in [-0.15, -0.1) is 0 Å². The van der Waals surface area contributed by atoms with Crippen LogP contribution in [0.15, 0.2) is 69.2 Å². The first-order chi connectivity index (χ1) is 64.7. The summed E-state index contributed by atoms with van der Waals surface area (Å²) in [5.74, 6) is 5.81. The molecule has 6 N–H and O–H groups in total. The molecule has 15 saturated carbocycles. The largest absolute Gasteiger partial charge is 0.515 e. The summed E-state index contributed by atoms with van der Waals surface area (Å²) in [6, 6.07) is 0. The van der Waals surface area contributed by atoms with Gasteiger partial charge in [-0.2, -0.15) is 0 Å². The van der Waals surface area contributed by atoms with Crippen LogP contribution in [0.1, 0.15) is 443 Å². The summed E-state index contributed by atoms with van der Waals surface area (Å²) in [6.45, 7) is 66.7. The van der Waals surface area contributed by atoms with E-state index in [0.717, 1.165) is 217 Å². The van der Waals surface area contributed by atoms with Crippen molar-refractivity contribution < 1.29 is 63.9 Å². The minimum atomic E-state index is -0.569. The SMILES string of the molecule is CC1(C)CC[C@]2(CCO)CC[C@]3(C)[C@H](C(=O)C=C4[C@@]5(C)C/C(=C/O)C(=O)C(C)(C)[C@@H]5CC[C@]43C)[C@@H]2C1.CC1(C)CC[C@]2(CCO)CC[C@]3(C)[C@H](C(=O)C=C4[C@@]5(C)CCC(=O)C(C)(C)[C@@H]5CC[C@]43C)[C@@H]2C1.CC1(C)CC[C@]2(CCO)CC[C@]3(C)[C@H](C(=O)C=C4[C@@]5(C)CC[C@H](O)C(C)(C)[C@@H]5CC[C@]43C)[C@@H]2C1.CC1(C)CC[C@]2(CCO)CC[C@]3(C)[C@H](C(=O)C=C4[C@@]5(C)Cc6cnoc6C(C)(C)[C@@H]5CC[C@]43C)[C@@H]2C1. The van der Waals surface area contributed by atoms with Crippen molar-refractivity contribution in [2.45, 2.75) is 449 Å². The number of nitrogens with zero attached hydrogens (tertiary/aromatic N) is 1. The smallest absolute Gasteiger partial charge is 0.167 e. The summed E-state index contributed by atoms with van der Waals surface area (Å²) in [7, 11) is 0. The number of aliphatic hydroxyl groups excluding tert-OH is 6. The van der Waals surface area contributed by atoms with Gasteiger partial charge in [-0.05, 0) is 423 Å². The van der Waals surface area contributed by atoms with Crippen LogP contribution < -0.4 is 0 Å². The monoisotopic (exact) mass is 1930 g/mol. The van der Waals surface area contributed by atoms with Gasteiger partial charge in [0.2, 0.25) is 0 Å². The number of aliphatic hydroxyl groups is 6. The van der Waals surface area contributed by atoms with Crippen LogP contribution >= 0.6 is 0 Å². The molecule has 0 spiro atoms. The van der Waals surface area contributed by atoms with Crippen molar-refractivity contribution >= 4 is 34.7 Å². The van der Waals surface area contributed by atoms with Crippen molar-refractivity contribution in [1.29, 1.82) is 0 Å². The van der Waals surface area contributed by atoms with E-state index < -0.39 is 5.41 Å². The van der Waals surface area contributed by atoms with Crippen LogP contribution in [0.4, 0.5) is 0 Å². The van der Waals surface area contributed by atoms with Gasteiger partial charge in [-0.25, -0.2) is 0 Å². The molecule has 0 unspecified atom stereocenters. The maximum atomic E-state index is 14.4. The standard InChI is InChI=1S/C32H47NO3.C32H48O4.C31H50O3.C31H48O3/c1-27(2)10-12-32(14-15-34)13-11-31(7)25(21(32)18-27)22(35)16-24-29(5)17-20-19-33-36-26(20)28(3,4)23(29)8-9-30(24,31)6;1-27(2)10-12-32(14-15-33)13-11-31(7)25(21(32)18-27)22(35)16-24-29(5)17-20(19-34)26(36)28(3,4)23(29)8-9-30(24,31)6;2*1-26(2)12-14-31(16-17-32)15-13-30(7)25(20(31)19-26)21(33)18-23-28(5)10-9-24(34)27(3,4)22(28)8-11-29(23,30)6/h16,19,21,23,25,34H,8-15,17-18H2,1-7H3;16,19,21,23,25,33-34H,8-15,17-18H2,1-7H3;18,20,22,24-25,32,34H,8-17,19H2,1-7H3;18,20,22,25,32H,8-17,19H2,1-7H3/b;20-19-;;/t2*21-,23-,25-,29-,30+,31+,32+;20-,22-,24-,25-,28-,29+,30+,31+;20-,22-,25-,28-,29+,30+,31+/m0000/s1. The predicted octanol–water partition coefficient (Wildman–Crippen LogP) is 27.7. The molecule has 1 aromatic heterocycles. The number of carbonyl (C=O) groups is 6. The zero-order valence-corrected chi connectivity index (χ0v) is 93.2. The highest BCUT2D eigenvalue weighted by Gasteiger charge is 2.77. The first-order valence-electron chi connectivity index (χ1n) is 57.2. The van der Waals surface area contributed by atoms with Gasteiger partial charge >= 0.3 is 0 Å². The van der Waals surface area contributed by atoms with Crippen molar-refractivity contribution in [2.75, 3.05) is 26.4 Å².